The summed E-state index contributed by atoms with van der Waals surface area (Å²) in [6, 6.07) is 0. The van der Waals surface area contributed by atoms with Crippen LogP contribution in [-0.4, -0.2) is 0 Å². The minimum absolute atomic E-state index is 0.556. The molecule has 1 rings (SSSR count). The summed E-state index contributed by atoms with van der Waals surface area (Å²) in [4.78, 5) is 0. The first-order chi connectivity index (χ1) is 4.72. The molecule has 2 unspecified atom stereocenters. The zero-order chi connectivity index (χ0) is 7.98. The Labute approximate surface area is 80.3 Å². The van der Waals surface area contributed by atoms with Gasteiger partial charge in [0.1, 0.15) is 0 Å². The third kappa shape index (κ3) is 5.01. The number of halogens is 2. The van der Waals surface area contributed by atoms with Gasteiger partial charge in [-0.25, -0.2) is 0 Å². The molecular formula is C7H13Cl2Ti. The molecule has 0 aromatic rings. The zero-order valence-electron chi connectivity index (χ0n) is 6.40. The van der Waals surface area contributed by atoms with Gasteiger partial charge in [0.25, 0.3) is 0 Å². The van der Waals surface area contributed by atoms with Crippen molar-refractivity contribution in [3.63, 3.8) is 0 Å². The van der Waals surface area contributed by atoms with Gasteiger partial charge in [0.15, 0.2) is 0 Å². The maximum absolute atomic E-state index is 4.89. The first kappa shape index (κ1) is 11.3. The van der Waals surface area contributed by atoms with Gasteiger partial charge < -0.3 is 0 Å². The fourth-order valence-corrected chi connectivity index (χ4v) is 1.09. The normalized spacial score (nSPS) is 30.8. The second-order valence-electron chi connectivity index (χ2n) is 2.79. The summed E-state index contributed by atoms with van der Waals surface area (Å²) < 4.78 is 0. The molecule has 1 radical (unpaired) electrons. The Bertz CT molecular complexity index is 70.0. The molecule has 3 heteroatoms. The molecule has 0 saturated heterocycles. The molecule has 2 atom stereocenters. The van der Waals surface area contributed by atoms with Crippen molar-refractivity contribution in [2.45, 2.75) is 26.7 Å². The van der Waals surface area contributed by atoms with Gasteiger partial charge in [-0.15, -0.1) is 0 Å². The van der Waals surface area contributed by atoms with Gasteiger partial charge >= 0.3 is 35.6 Å². The topological polar surface area (TPSA) is 0 Å². The first-order valence-electron chi connectivity index (χ1n) is 3.50. The first-order valence-corrected chi connectivity index (χ1v) is 7.80. The molecule has 0 aliphatic heterocycles. The summed E-state index contributed by atoms with van der Waals surface area (Å²) >= 11 is -0.556. The second-order valence-corrected chi connectivity index (χ2v) is 5.37. The van der Waals surface area contributed by atoms with Crippen LogP contribution in [0.3, 0.4) is 0 Å². The minimum atomic E-state index is -0.556. The zero-order valence-corrected chi connectivity index (χ0v) is 9.48. The molecule has 10 heavy (non-hydrogen) atoms. The Morgan fingerprint density at radius 1 is 1.20 bits per heavy atom. The van der Waals surface area contributed by atoms with Gasteiger partial charge in [0.2, 0.25) is 0 Å². The average Bonchev–Trinajstić information content (AvgIpc) is 2.19. The summed E-state index contributed by atoms with van der Waals surface area (Å²) in [6.07, 6.45) is 5.09. The van der Waals surface area contributed by atoms with Crippen molar-refractivity contribution in [1.29, 1.82) is 0 Å². The Balaban J connectivity index is 0.000000236. The van der Waals surface area contributed by atoms with E-state index in [0.717, 1.165) is 11.8 Å². The van der Waals surface area contributed by atoms with E-state index in [4.69, 9.17) is 18.6 Å². The SMILES string of the molecule is CC1C[CH]CC1C.[Cl][Ti][Cl]. The van der Waals surface area contributed by atoms with Crippen LogP contribution >= 0.6 is 18.6 Å². The Hall–Kier alpha value is 1.29. The fraction of sp³-hybridized carbons (Fsp3) is 0.857. The van der Waals surface area contributed by atoms with Gasteiger partial charge in [-0.1, -0.05) is 13.8 Å². The second kappa shape index (κ2) is 6.97. The quantitative estimate of drug-likeness (QED) is 0.542. The van der Waals surface area contributed by atoms with Crippen LogP contribution in [0.5, 0.6) is 0 Å². The molecule has 59 valence electrons. The fourth-order valence-electron chi connectivity index (χ4n) is 1.09. The van der Waals surface area contributed by atoms with Crippen LogP contribution in [0.1, 0.15) is 26.7 Å². The summed E-state index contributed by atoms with van der Waals surface area (Å²) in [5.41, 5.74) is 0. The molecule has 1 fully saturated rings. The molecule has 0 N–H and O–H groups in total. The molecule has 0 amide bonds. The van der Waals surface area contributed by atoms with Crippen molar-refractivity contribution in [2.24, 2.45) is 11.8 Å². The Morgan fingerprint density at radius 3 is 1.60 bits per heavy atom. The Kier molecular flexibility index (Phi) is 7.87. The average molecular weight is 216 g/mol. The molecule has 0 nitrogen and oxygen atoms in total. The number of hydrogen-bond donors (Lipinski definition) is 0. The van der Waals surface area contributed by atoms with Crippen LogP contribution in [0.15, 0.2) is 0 Å². The van der Waals surface area contributed by atoms with Crippen LogP contribution in [-0.2, 0) is 17.0 Å². The van der Waals surface area contributed by atoms with Gasteiger partial charge in [-0.05, 0) is 31.1 Å². The van der Waals surface area contributed by atoms with Gasteiger partial charge in [-0.2, -0.15) is 0 Å². The van der Waals surface area contributed by atoms with Crippen molar-refractivity contribution in [2.75, 3.05) is 0 Å². The summed E-state index contributed by atoms with van der Waals surface area (Å²) in [6.45, 7) is 4.66. The maximum atomic E-state index is 4.89. The van der Waals surface area contributed by atoms with Gasteiger partial charge in [0.05, 0.1) is 0 Å². The molecule has 0 aromatic heterocycles. The van der Waals surface area contributed by atoms with E-state index < -0.39 is 17.0 Å². The molecule has 1 aliphatic rings. The van der Waals surface area contributed by atoms with Crippen LogP contribution in [0.2, 0.25) is 0 Å². The van der Waals surface area contributed by atoms with Gasteiger partial charge in [0, 0.05) is 0 Å². The predicted molar refractivity (Wildman–Crippen MR) is 43.6 cm³/mol. The molecule has 0 spiro atoms. The van der Waals surface area contributed by atoms with E-state index in [2.05, 4.69) is 20.3 Å². The molecule has 1 aliphatic carbocycles. The van der Waals surface area contributed by atoms with E-state index in [1.165, 1.54) is 12.8 Å². The van der Waals surface area contributed by atoms with Crippen molar-refractivity contribution in [3.05, 3.63) is 6.42 Å². The van der Waals surface area contributed by atoms with Gasteiger partial charge in [-0.3, -0.25) is 0 Å². The van der Waals surface area contributed by atoms with E-state index in [1.54, 1.807) is 0 Å². The monoisotopic (exact) mass is 215 g/mol. The van der Waals surface area contributed by atoms with Crippen LogP contribution in [0.4, 0.5) is 0 Å². The molecular weight excluding hydrogens is 203 g/mol. The number of hydrogen-bond acceptors (Lipinski definition) is 0. The van der Waals surface area contributed by atoms with E-state index in [1.807, 2.05) is 0 Å². The van der Waals surface area contributed by atoms with Crippen LogP contribution < -0.4 is 0 Å². The van der Waals surface area contributed by atoms with Crippen molar-refractivity contribution >= 4 is 18.6 Å². The standard InChI is InChI=1S/C7H13.2ClH.Ti/c1-6-4-3-5-7(6)2;;;/h3,6-7H,4-5H2,1-2H3;2*1H;/q;;;+2/p-2. The van der Waals surface area contributed by atoms with E-state index in [0.29, 0.717) is 0 Å². The Morgan fingerprint density at radius 2 is 1.50 bits per heavy atom. The predicted octanol–water partition coefficient (Wildman–Crippen LogP) is 3.63. The van der Waals surface area contributed by atoms with Crippen LogP contribution in [0.25, 0.3) is 0 Å². The molecule has 1 saturated carbocycles. The van der Waals surface area contributed by atoms with Crippen molar-refractivity contribution in [1.82, 2.24) is 0 Å². The molecule has 0 aromatic carbocycles. The van der Waals surface area contributed by atoms with Crippen molar-refractivity contribution < 1.29 is 17.0 Å². The summed E-state index contributed by atoms with van der Waals surface area (Å²) in [5, 5.41) is 0. The van der Waals surface area contributed by atoms with E-state index in [-0.39, 0.29) is 0 Å². The number of rotatable bonds is 0. The third-order valence-corrected chi connectivity index (χ3v) is 2.05. The van der Waals surface area contributed by atoms with E-state index >= 15 is 0 Å². The van der Waals surface area contributed by atoms with E-state index in [9.17, 15) is 0 Å². The van der Waals surface area contributed by atoms with Crippen LogP contribution in [0, 0.1) is 18.3 Å². The third-order valence-electron chi connectivity index (χ3n) is 2.05. The molecule has 0 bridgehead atoms. The van der Waals surface area contributed by atoms with Crippen molar-refractivity contribution in [3.8, 4) is 0 Å². The molecule has 0 heterocycles. The summed E-state index contributed by atoms with van der Waals surface area (Å²) in [7, 11) is 9.78. The summed E-state index contributed by atoms with van der Waals surface area (Å²) in [5.74, 6) is 1.92.